The van der Waals surface area contributed by atoms with Gasteiger partial charge in [0.05, 0.1) is 13.7 Å². The first-order chi connectivity index (χ1) is 24.0. The van der Waals surface area contributed by atoms with Crippen LogP contribution in [0.4, 0.5) is 14.0 Å². The predicted molar refractivity (Wildman–Crippen MR) is 199 cm³/mol. The second-order valence-electron chi connectivity index (χ2n) is 16.2. The summed E-state index contributed by atoms with van der Waals surface area (Å²) in [6, 6.07) is 11.9. The molecule has 0 N–H and O–H groups in total. The van der Waals surface area contributed by atoms with Crippen molar-refractivity contribution in [1.29, 1.82) is 0 Å². The summed E-state index contributed by atoms with van der Waals surface area (Å²) < 4.78 is 57.8. The highest BCUT2D eigenvalue weighted by molar-refractivity contribution is 7.62. The summed E-state index contributed by atoms with van der Waals surface area (Å²) in [4.78, 5) is 43.6. The molecule has 2 aromatic rings. The van der Waals surface area contributed by atoms with Crippen molar-refractivity contribution in [2.24, 2.45) is 0 Å². The second kappa shape index (κ2) is 17.1. The number of rotatable bonds is 12. The molecule has 1 unspecified atom stereocenters. The quantitative estimate of drug-likeness (QED) is 0.0900. The van der Waals surface area contributed by atoms with Gasteiger partial charge in [-0.2, -0.15) is 0 Å². The molecule has 0 spiro atoms. The van der Waals surface area contributed by atoms with Crippen molar-refractivity contribution in [2.75, 3.05) is 39.5 Å². The highest BCUT2D eigenvalue weighted by atomic mass is 31.2. The monoisotopic (exact) mass is 748 g/mol. The van der Waals surface area contributed by atoms with E-state index < -0.39 is 47.5 Å². The standard InChI is InChI=1S/C39H58FN2O9P/c1-12-48-52(46)24-23-41(26-29-15-18-30(40)25-32(29)28-16-19-31(47-11)20-17-28)27-39(52,33(43)49-36(2,3)4)21-13-14-22-42(34(44)50-37(5,6)7)35(45)51-38(8,9)10/h15-20,25H,12-14,21-24,26-27H2,1-11H3/t39-,52?/m0/s1. The zero-order chi connectivity index (χ0) is 39.1. The Bertz CT molecular complexity index is 1570. The Labute approximate surface area is 308 Å². The van der Waals surface area contributed by atoms with Crippen LogP contribution in [0.15, 0.2) is 42.5 Å². The number of carbonyl (C=O) groups excluding carboxylic acids is 3. The van der Waals surface area contributed by atoms with E-state index in [1.807, 2.05) is 29.2 Å². The molecule has 3 rings (SSSR count). The second-order valence-corrected chi connectivity index (χ2v) is 19.1. The Kier molecular flexibility index (Phi) is 14.1. The maximum absolute atomic E-state index is 14.9. The molecule has 0 saturated carbocycles. The van der Waals surface area contributed by atoms with Crippen molar-refractivity contribution < 1.29 is 46.8 Å². The van der Waals surface area contributed by atoms with E-state index in [1.54, 1.807) is 82.4 Å². The van der Waals surface area contributed by atoms with E-state index in [0.29, 0.717) is 30.8 Å². The molecular formula is C39H58FN2O9P. The number of methoxy groups -OCH3 is 1. The first-order valence-corrected chi connectivity index (χ1v) is 19.7. The number of imide groups is 1. The molecular weight excluding hydrogens is 690 g/mol. The lowest BCUT2D eigenvalue weighted by Crippen LogP contribution is -2.56. The van der Waals surface area contributed by atoms with Crippen molar-refractivity contribution in [2.45, 2.75) is 117 Å². The smallest absolute Gasteiger partial charge is 0.419 e. The van der Waals surface area contributed by atoms with Crippen LogP contribution in [0.2, 0.25) is 0 Å². The number of ether oxygens (including phenoxy) is 4. The Morgan fingerprint density at radius 3 is 1.96 bits per heavy atom. The van der Waals surface area contributed by atoms with Gasteiger partial charge in [-0.3, -0.25) is 14.3 Å². The van der Waals surface area contributed by atoms with E-state index in [-0.39, 0.29) is 44.5 Å². The van der Waals surface area contributed by atoms with Crippen LogP contribution in [0.3, 0.4) is 0 Å². The fourth-order valence-electron chi connectivity index (χ4n) is 6.05. The molecule has 2 amide bonds. The lowest BCUT2D eigenvalue weighted by molar-refractivity contribution is -0.160. The first kappa shape index (κ1) is 42.9. The minimum absolute atomic E-state index is 0.0560. The third kappa shape index (κ3) is 11.8. The van der Waals surface area contributed by atoms with Gasteiger partial charge in [0.1, 0.15) is 28.4 Å². The summed E-state index contributed by atoms with van der Waals surface area (Å²) in [6.45, 7) is 18.1. The average Bonchev–Trinajstić information content (AvgIpc) is 3.00. The van der Waals surface area contributed by atoms with Crippen LogP contribution < -0.4 is 4.74 Å². The lowest BCUT2D eigenvalue weighted by Gasteiger charge is -2.46. The number of carbonyl (C=O) groups is 3. The van der Waals surface area contributed by atoms with Crippen LogP contribution in [-0.2, 0) is 34.6 Å². The van der Waals surface area contributed by atoms with Gasteiger partial charge < -0.3 is 23.5 Å². The fourth-order valence-corrected chi connectivity index (χ4v) is 9.05. The average molecular weight is 749 g/mol. The number of hydrogen-bond acceptors (Lipinski definition) is 10. The summed E-state index contributed by atoms with van der Waals surface area (Å²) in [7, 11) is -2.09. The zero-order valence-electron chi connectivity index (χ0n) is 32.8. The summed E-state index contributed by atoms with van der Waals surface area (Å²) >= 11 is 0. The Balaban J connectivity index is 1.97. The van der Waals surface area contributed by atoms with E-state index >= 15 is 0 Å². The van der Waals surface area contributed by atoms with E-state index in [9.17, 15) is 23.3 Å². The Morgan fingerprint density at radius 2 is 1.44 bits per heavy atom. The maximum Gasteiger partial charge on any atom is 0.419 e. The minimum atomic E-state index is -3.67. The molecule has 0 radical (unpaired) electrons. The van der Waals surface area contributed by atoms with Gasteiger partial charge in [-0.25, -0.2) is 18.9 Å². The van der Waals surface area contributed by atoms with Gasteiger partial charge in [0.25, 0.3) is 0 Å². The molecule has 52 heavy (non-hydrogen) atoms. The number of hydrogen-bond donors (Lipinski definition) is 0. The van der Waals surface area contributed by atoms with Gasteiger partial charge in [-0.15, -0.1) is 0 Å². The van der Waals surface area contributed by atoms with E-state index in [2.05, 4.69) is 0 Å². The van der Waals surface area contributed by atoms with Gasteiger partial charge in [0.2, 0.25) is 7.37 Å². The lowest BCUT2D eigenvalue weighted by atomic mass is 9.96. The molecule has 0 aromatic heterocycles. The number of esters is 1. The molecule has 11 nitrogen and oxygen atoms in total. The fraction of sp³-hybridized carbons (Fsp3) is 0.615. The van der Waals surface area contributed by atoms with Crippen LogP contribution >= 0.6 is 7.37 Å². The molecule has 1 fully saturated rings. The predicted octanol–water partition coefficient (Wildman–Crippen LogP) is 9.05. The van der Waals surface area contributed by atoms with Crippen LogP contribution in [-0.4, -0.2) is 89.4 Å². The van der Waals surface area contributed by atoms with Gasteiger partial charge in [0.15, 0.2) is 5.16 Å². The molecule has 1 saturated heterocycles. The SMILES string of the molecule is CCOP1(=O)CCN(Cc2ccc(F)cc2-c2ccc(OC)cc2)C[C@@]1(CCCCN(C(=O)OC(C)(C)C)C(=O)OC(C)(C)C)C(=O)OC(C)(C)C. The molecule has 1 aliphatic heterocycles. The molecule has 1 heterocycles. The van der Waals surface area contributed by atoms with Crippen molar-refractivity contribution in [3.8, 4) is 16.9 Å². The number of nitrogens with zero attached hydrogens (tertiary/aromatic N) is 2. The van der Waals surface area contributed by atoms with Crippen molar-refractivity contribution in [3.05, 3.63) is 53.8 Å². The van der Waals surface area contributed by atoms with Crippen molar-refractivity contribution in [3.63, 3.8) is 0 Å². The topological polar surface area (TPSA) is 121 Å². The molecule has 2 atom stereocenters. The van der Waals surface area contributed by atoms with Gasteiger partial charge >= 0.3 is 18.2 Å². The van der Waals surface area contributed by atoms with E-state index in [1.165, 1.54) is 12.1 Å². The molecule has 13 heteroatoms. The summed E-state index contributed by atoms with van der Waals surface area (Å²) in [5.41, 5.74) is -0.287. The zero-order valence-corrected chi connectivity index (χ0v) is 33.7. The highest BCUT2D eigenvalue weighted by Crippen LogP contribution is 2.64. The third-order valence-corrected chi connectivity index (χ3v) is 11.6. The number of amides is 2. The van der Waals surface area contributed by atoms with Crippen LogP contribution in [0.25, 0.3) is 11.1 Å². The molecule has 0 aliphatic carbocycles. The summed E-state index contributed by atoms with van der Waals surface area (Å²) in [6.07, 6.45) is -0.949. The number of unbranched alkanes of at least 4 members (excludes halogenated alkanes) is 1. The van der Waals surface area contributed by atoms with Gasteiger partial charge in [0, 0.05) is 32.3 Å². The minimum Gasteiger partial charge on any atom is -0.497 e. The normalized spacial score (nSPS) is 19.8. The highest BCUT2D eigenvalue weighted by Gasteiger charge is 2.59. The maximum atomic E-state index is 14.9. The number of halogens is 1. The molecule has 1 aliphatic rings. The Morgan fingerprint density at radius 1 is 0.865 bits per heavy atom. The van der Waals surface area contributed by atoms with Crippen LogP contribution in [0, 0.1) is 5.82 Å². The molecule has 2 aromatic carbocycles. The first-order valence-electron chi connectivity index (χ1n) is 17.9. The Hall–Kier alpha value is -3.47. The van der Waals surface area contributed by atoms with Crippen molar-refractivity contribution in [1.82, 2.24) is 9.80 Å². The number of benzene rings is 2. The summed E-state index contributed by atoms with van der Waals surface area (Å²) in [5, 5.41) is -1.56. The van der Waals surface area contributed by atoms with Gasteiger partial charge in [-0.05, 0) is 129 Å². The van der Waals surface area contributed by atoms with E-state index in [0.717, 1.165) is 16.0 Å². The van der Waals surface area contributed by atoms with Gasteiger partial charge in [-0.1, -0.05) is 18.2 Å². The third-order valence-electron chi connectivity index (χ3n) is 8.28. The van der Waals surface area contributed by atoms with Crippen molar-refractivity contribution >= 4 is 25.5 Å². The van der Waals surface area contributed by atoms with E-state index in [4.69, 9.17) is 23.5 Å². The molecule has 290 valence electrons. The van der Waals surface area contributed by atoms with Crippen LogP contribution in [0.5, 0.6) is 5.75 Å². The van der Waals surface area contributed by atoms with Crippen LogP contribution in [0.1, 0.15) is 94.1 Å². The summed E-state index contributed by atoms with van der Waals surface area (Å²) in [5.74, 6) is -0.344. The largest absolute Gasteiger partial charge is 0.497 e. The molecule has 0 bridgehead atoms.